The number of methoxy groups -OCH3 is 2. The Morgan fingerprint density at radius 1 is 1.33 bits per heavy atom. The zero-order valence-corrected chi connectivity index (χ0v) is 10.6. The summed E-state index contributed by atoms with van der Waals surface area (Å²) in [5.41, 5.74) is 0.830. The van der Waals surface area contributed by atoms with Gasteiger partial charge in [-0.15, -0.1) is 0 Å². The molecule has 0 aliphatic carbocycles. The molecule has 0 aromatic heterocycles. The quantitative estimate of drug-likeness (QED) is 0.845. The van der Waals surface area contributed by atoms with Crippen LogP contribution in [-0.2, 0) is 11.2 Å². The average Bonchev–Trinajstić information content (AvgIpc) is 2.15. The van der Waals surface area contributed by atoms with Gasteiger partial charge in [0.05, 0.1) is 14.2 Å². The molecule has 0 radical (unpaired) electrons. The molecule has 3 nitrogen and oxygen atoms in total. The summed E-state index contributed by atoms with van der Waals surface area (Å²) >= 11 is 3.36. The highest BCUT2D eigenvalue weighted by Gasteiger charge is 2.12. The number of halogens is 1. The molecule has 0 aliphatic heterocycles. The van der Waals surface area contributed by atoms with Crippen molar-refractivity contribution in [3.05, 3.63) is 22.2 Å². The van der Waals surface area contributed by atoms with E-state index in [0.717, 1.165) is 10.0 Å². The van der Waals surface area contributed by atoms with Crippen molar-refractivity contribution in [2.24, 2.45) is 0 Å². The summed E-state index contributed by atoms with van der Waals surface area (Å²) in [6.45, 7) is 1.55. The summed E-state index contributed by atoms with van der Waals surface area (Å²) in [6.07, 6.45) is 0.346. The van der Waals surface area contributed by atoms with Crippen molar-refractivity contribution in [2.45, 2.75) is 13.3 Å². The minimum Gasteiger partial charge on any atom is -0.493 e. The van der Waals surface area contributed by atoms with Crippen LogP contribution in [-0.4, -0.2) is 20.0 Å². The van der Waals surface area contributed by atoms with Gasteiger partial charge in [-0.2, -0.15) is 0 Å². The fourth-order valence-electron chi connectivity index (χ4n) is 1.41. The van der Waals surface area contributed by atoms with Crippen molar-refractivity contribution in [3.8, 4) is 11.5 Å². The average molecular weight is 273 g/mol. The van der Waals surface area contributed by atoms with E-state index in [-0.39, 0.29) is 5.78 Å². The van der Waals surface area contributed by atoms with E-state index in [1.807, 2.05) is 12.1 Å². The fraction of sp³-hybridized carbons (Fsp3) is 0.364. The van der Waals surface area contributed by atoms with Gasteiger partial charge in [-0.1, -0.05) is 15.9 Å². The van der Waals surface area contributed by atoms with E-state index in [9.17, 15) is 4.79 Å². The van der Waals surface area contributed by atoms with Crippen LogP contribution in [0.2, 0.25) is 0 Å². The van der Waals surface area contributed by atoms with Crippen LogP contribution in [0.3, 0.4) is 0 Å². The van der Waals surface area contributed by atoms with Gasteiger partial charge in [0.15, 0.2) is 11.5 Å². The number of benzene rings is 1. The van der Waals surface area contributed by atoms with Crippen molar-refractivity contribution in [2.75, 3.05) is 14.2 Å². The molecule has 0 amide bonds. The lowest BCUT2D eigenvalue weighted by atomic mass is 10.1. The molecule has 0 heterocycles. The van der Waals surface area contributed by atoms with E-state index in [1.165, 1.54) is 0 Å². The Hall–Kier alpha value is -1.03. The maximum absolute atomic E-state index is 11.1. The summed E-state index contributed by atoms with van der Waals surface area (Å²) in [6, 6.07) is 3.67. The third-order valence-electron chi connectivity index (χ3n) is 1.96. The standard InChI is InChI=1S/C11H13BrO3/c1-7(13)4-8-5-9(12)6-10(14-2)11(8)15-3/h5-6H,4H2,1-3H3. The molecule has 0 saturated heterocycles. The SMILES string of the molecule is COc1cc(Br)cc(CC(C)=O)c1OC. The van der Waals surface area contributed by atoms with Gasteiger partial charge in [0.25, 0.3) is 0 Å². The third-order valence-corrected chi connectivity index (χ3v) is 2.42. The molecule has 1 aromatic carbocycles. The van der Waals surface area contributed by atoms with Crippen LogP contribution in [0.1, 0.15) is 12.5 Å². The van der Waals surface area contributed by atoms with Gasteiger partial charge in [0.1, 0.15) is 5.78 Å². The van der Waals surface area contributed by atoms with Crippen LogP contribution < -0.4 is 9.47 Å². The van der Waals surface area contributed by atoms with Crippen molar-refractivity contribution in [1.82, 2.24) is 0 Å². The second kappa shape index (κ2) is 5.16. The van der Waals surface area contributed by atoms with E-state index < -0.39 is 0 Å². The Morgan fingerprint density at radius 3 is 2.47 bits per heavy atom. The molecule has 0 aliphatic rings. The normalized spacial score (nSPS) is 9.87. The number of ether oxygens (including phenoxy) is 2. The number of carbonyl (C=O) groups is 1. The Labute approximate surface area is 97.5 Å². The van der Waals surface area contributed by atoms with Gasteiger partial charge in [0.2, 0.25) is 0 Å². The summed E-state index contributed by atoms with van der Waals surface area (Å²) in [4.78, 5) is 11.1. The molecule has 82 valence electrons. The van der Waals surface area contributed by atoms with Gasteiger partial charge in [-0.05, 0) is 19.1 Å². The van der Waals surface area contributed by atoms with Crippen LogP contribution in [0, 0.1) is 0 Å². The Morgan fingerprint density at radius 2 is 2.00 bits per heavy atom. The summed E-state index contributed by atoms with van der Waals surface area (Å²) in [5, 5.41) is 0. The monoisotopic (exact) mass is 272 g/mol. The highest BCUT2D eigenvalue weighted by Crippen LogP contribution is 2.34. The van der Waals surface area contributed by atoms with Crippen LogP contribution in [0.15, 0.2) is 16.6 Å². The number of Topliss-reactive ketones (excluding diaryl/α,β-unsaturated/α-hetero) is 1. The number of hydrogen-bond acceptors (Lipinski definition) is 3. The molecule has 0 N–H and O–H groups in total. The van der Waals surface area contributed by atoms with E-state index in [4.69, 9.17) is 9.47 Å². The van der Waals surface area contributed by atoms with Gasteiger partial charge < -0.3 is 9.47 Å². The zero-order chi connectivity index (χ0) is 11.4. The van der Waals surface area contributed by atoms with Crippen molar-refractivity contribution in [1.29, 1.82) is 0 Å². The highest BCUT2D eigenvalue weighted by atomic mass is 79.9. The Bertz CT molecular complexity index is 374. The van der Waals surface area contributed by atoms with Gasteiger partial charge in [0, 0.05) is 16.5 Å². The lowest BCUT2D eigenvalue weighted by Gasteiger charge is -2.12. The topological polar surface area (TPSA) is 35.5 Å². The van der Waals surface area contributed by atoms with Crippen LogP contribution in [0.4, 0.5) is 0 Å². The van der Waals surface area contributed by atoms with Gasteiger partial charge >= 0.3 is 0 Å². The molecular formula is C11H13BrO3. The summed E-state index contributed by atoms with van der Waals surface area (Å²) in [7, 11) is 3.14. The summed E-state index contributed by atoms with van der Waals surface area (Å²) < 4.78 is 11.3. The molecule has 4 heteroatoms. The molecule has 0 unspecified atom stereocenters. The number of carbonyl (C=O) groups excluding carboxylic acids is 1. The third kappa shape index (κ3) is 2.96. The first kappa shape index (κ1) is 12.0. The molecule has 15 heavy (non-hydrogen) atoms. The van der Waals surface area contributed by atoms with Gasteiger partial charge in [-0.25, -0.2) is 0 Å². The van der Waals surface area contributed by atoms with Crippen LogP contribution in [0.25, 0.3) is 0 Å². The molecule has 0 bridgehead atoms. The number of hydrogen-bond donors (Lipinski definition) is 0. The fourth-order valence-corrected chi connectivity index (χ4v) is 1.89. The van der Waals surface area contributed by atoms with Crippen LogP contribution >= 0.6 is 15.9 Å². The molecule has 0 atom stereocenters. The summed E-state index contributed by atoms with van der Waals surface area (Å²) in [5.74, 6) is 1.34. The largest absolute Gasteiger partial charge is 0.493 e. The first-order valence-electron chi connectivity index (χ1n) is 4.48. The predicted molar refractivity (Wildman–Crippen MR) is 61.6 cm³/mol. The molecule has 1 rings (SSSR count). The van der Waals surface area contributed by atoms with E-state index >= 15 is 0 Å². The maximum atomic E-state index is 11.1. The van der Waals surface area contributed by atoms with Crippen molar-refractivity contribution in [3.63, 3.8) is 0 Å². The minimum absolute atomic E-state index is 0.0912. The molecule has 1 aromatic rings. The first-order valence-corrected chi connectivity index (χ1v) is 5.27. The lowest BCUT2D eigenvalue weighted by molar-refractivity contribution is -0.116. The zero-order valence-electron chi connectivity index (χ0n) is 8.96. The molecule has 0 fully saturated rings. The van der Waals surface area contributed by atoms with Crippen LogP contribution in [0.5, 0.6) is 11.5 Å². The van der Waals surface area contributed by atoms with E-state index in [2.05, 4.69) is 15.9 Å². The molecular weight excluding hydrogens is 260 g/mol. The van der Waals surface area contributed by atoms with E-state index in [0.29, 0.717) is 17.9 Å². The first-order chi connectivity index (χ1) is 7.08. The Kier molecular flexibility index (Phi) is 4.15. The molecule has 0 saturated carbocycles. The maximum Gasteiger partial charge on any atom is 0.164 e. The smallest absolute Gasteiger partial charge is 0.164 e. The number of ketones is 1. The highest BCUT2D eigenvalue weighted by molar-refractivity contribution is 9.10. The van der Waals surface area contributed by atoms with Crippen molar-refractivity contribution >= 4 is 21.7 Å². The lowest BCUT2D eigenvalue weighted by Crippen LogP contribution is -2.01. The number of rotatable bonds is 4. The second-order valence-electron chi connectivity index (χ2n) is 3.18. The Balaban J connectivity index is 3.22. The van der Waals surface area contributed by atoms with Crippen molar-refractivity contribution < 1.29 is 14.3 Å². The van der Waals surface area contributed by atoms with E-state index in [1.54, 1.807) is 21.1 Å². The second-order valence-corrected chi connectivity index (χ2v) is 4.09. The van der Waals surface area contributed by atoms with Gasteiger partial charge in [-0.3, -0.25) is 4.79 Å². The predicted octanol–water partition coefficient (Wildman–Crippen LogP) is 2.60. The minimum atomic E-state index is 0.0912. The molecule has 0 spiro atoms.